The van der Waals surface area contributed by atoms with E-state index in [0.29, 0.717) is 5.76 Å². The second kappa shape index (κ2) is 3.50. The molecule has 1 aromatic rings. The van der Waals surface area contributed by atoms with Crippen LogP contribution >= 0.6 is 0 Å². The minimum Gasteiger partial charge on any atom is -0.443 e. The summed E-state index contributed by atoms with van der Waals surface area (Å²) in [5.74, 6) is 0.938. The van der Waals surface area contributed by atoms with Crippen LogP contribution in [-0.4, -0.2) is 21.8 Å². The van der Waals surface area contributed by atoms with Gasteiger partial charge < -0.3 is 14.6 Å². The van der Waals surface area contributed by atoms with Crippen LogP contribution in [0.2, 0.25) is 0 Å². The van der Waals surface area contributed by atoms with E-state index in [1.807, 2.05) is 0 Å². The van der Waals surface area contributed by atoms with Crippen molar-refractivity contribution in [1.29, 1.82) is 0 Å². The standard InChI is InChI=1S/C7H11NO3/c1-5-4-8-7(11-5)6(10)2-3-9/h4,6,9-10H,2-3H2,1H3. The number of aromatic nitrogens is 1. The molecular formula is C7H11NO3. The van der Waals surface area contributed by atoms with Gasteiger partial charge in [-0.1, -0.05) is 0 Å². The Balaban J connectivity index is 2.60. The molecule has 0 aliphatic rings. The molecule has 62 valence electrons. The van der Waals surface area contributed by atoms with E-state index in [1.165, 1.54) is 6.20 Å². The molecule has 0 aliphatic heterocycles. The first-order valence-corrected chi connectivity index (χ1v) is 3.45. The largest absolute Gasteiger partial charge is 0.443 e. The second-order valence-corrected chi connectivity index (χ2v) is 2.34. The molecule has 0 amide bonds. The van der Waals surface area contributed by atoms with E-state index in [9.17, 15) is 5.11 Å². The van der Waals surface area contributed by atoms with E-state index in [1.54, 1.807) is 6.92 Å². The average Bonchev–Trinajstić information content (AvgIpc) is 2.36. The van der Waals surface area contributed by atoms with Crippen LogP contribution < -0.4 is 0 Å². The lowest BCUT2D eigenvalue weighted by molar-refractivity contribution is 0.107. The molecule has 0 bridgehead atoms. The number of aliphatic hydroxyl groups is 2. The topological polar surface area (TPSA) is 66.5 Å². The smallest absolute Gasteiger partial charge is 0.223 e. The number of hydrogen-bond donors (Lipinski definition) is 2. The van der Waals surface area contributed by atoms with Crippen LogP contribution in [0.3, 0.4) is 0 Å². The van der Waals surface area contributed by atoms with Gasteiger partial charge in [-0.05, 0) is 6.92 Å². The molecular weight excluding hydrogens is 146 g/mol. The molecule has 1 unspecified atom stereocenters. The van der Waals surface area contributed by atoms with Crippen molar-refractivity contribution in [2.24, 2.45) is 0 Å². The van der Waals surface area contributed by atoms with Gasteiger partial charge in [0.2, 0.25) is 5.89 Å². The highest BCUT2D eigenvalue weighted by atomic mass is 16.4. The summed E-state index contributed by atoms with van der Waals surface area (Å²) in [5, 5.41) is 17.7. The Labute approximate surface area is 64.5 Å². The number of aryl methyl sites for hydroxylation is 1. The van der Waals surface area contributed by atoms with Crippen LogP contribution in [0.15, 0.2) is 10.6 Å². The Morgan fingerprint density at radius 3 is 2.91 bits per heavy atom. The normalized spacial score (nSPS) is 13.4. The molecule has 1 aromatic heterocycles. The quantitative estimate of drug-likeness (QED) is 0.666. The van der Waals surface area contributed by atoms with Gasteiger partial charge in [-0.15, -0.1) is 0 Å². The number of nitrogens with zero attached hydrogens (tertiary/aromatic N) is 1. The van der Waals surface area contributed by atoms with Crippen LogP contribution in [0.5, 0.6) is 0 Å². The molecule has 0 saturated heterocycles. The number of aliphatic hydroxyl groups excluding tert-OH is 2. The maximum Gasteiger partial charge on any atom is 0.223 e. The highest BCUT2D eigenvalue weighted by molar-refractivity contribution is 4.93. The van der Waals surface area contributed by atoms with Crippen molar-refractivity contribution in [2.45, 2.75) is 19.4 Å². The third-order valence-electron chi connectivity index (χ3n) is 1.33. The summed E-state index contributed by atoms with van der Waals surface area (Å²) in [4.78, 5) is 3.81. The SMILES string of the molecule is Cc1cnc(C(O)CCO)o1. The molecule has 1 atom stereocenters. The first-order valence-electron chi connectivity index (χ1n) is 3.45. The van der Waals surface area contributed by atoms with Gasteiger partial charge in [0, 0.05) is 13.0 Å². The fraction of sp³-hybridized carbons (Fsp3) is 0.571. The average molecular weight is 157 g/mol. The second-order valence-electron chi connectivity index (χ2n) is 2.34. The predicted molar refractivity (Wildman–Crippen MR) is 37.9 cm³/mol. The van der Waals surface area contributed by atoms with Crippen molar-refractivity contribution in [1.82, 2.24) is 4.98 Å². The monoisotopic (exact) mass is 157 g/mol. The third kappa shape index (κ3) is 2.03. The molecule has 4 nitrogen and oxygen atoms in total. The van der Waals surface area contributed by atoms with Crippen molar-refractivity contribution in [3.8, 4) is 0 Å². The van der Waals surface area contributed by atoms with E-state index in [0.717, 1.165) is 0 Å². The minimum absolute atomic E-state index is 0.0669. The van der Waals surface area contributed by atoms with Crippen molar-refractivity contribution in [3.63, 3.8) is 0 Å². The van der Waals surface area contributed by atoms with E-state index >= 15 is 0 Å². The molecule has 1 rings (SSSR count). The van der Waals surface area contributed by atoms with Crippen LogP contribution in [-0.2, 0) is 0 Å². The summed E-state index contributed by atoms with van der Waals surface area (Å²) in [7, 11) is 0. The molecule has 1 heterocycles. The summed E-state index contributed by atoms with van der Waals surface area (Å²) in [6.45, 7) is 1.69. The first-order chi connectivity index (χ1) is 5.24. The van der Waals surface area contributed by atoms with Gasteiger partial charge in [0.25, 0.3) is 0 Å². The zero-order valence-corrected chi connectivity index (χ0v) is 6.32. The maximum atomic E-state index is 9.22. The summed E-state index contributed by atoms with van der Waals surface area (Å²) >= 11 is 0. The highest BCUT2D eigenvalue weighted by Gasteiger charge is 2.11. The van der Waals surface area contributed by atoms with Crippen molar-refractivity contribution in [2.75, 3.05) is 6.61 Å². The lowest BCUT2D eigenvalue weighted by atomic mass is 10.3. The predicted octanol–water partition coefficient (Wildman–Crippen LogP) is 0.399. The van der Waals surface area contributed by atoms with Gasteiger partial charge in [0.05, 0.1) is 6.20 Å². The Bertz CT molecular complexity index is 221. The third-order valence-corrected chi connectivity index (χ3v) is 1.33. The number of rotatable bonds is 3. The van der Waals surface area contributed by atoms with Gasteiger partial charge in [-0.2, -0.15) is 0 Å². The molecule has 0 saturated carbocycles. The molecule has 0 spiro atoms. The molecule has 11 heavy (non-hydrogen) atoms. The zero-order chi connectivity index (χ0) is 8.27. The van der Waals surface area contributed by atoms with E-state index in [2.05, 4.69) is 4.98 Å². The first kappa shape index (κ1) is 8.23. The number of oxazole rings is 1. The highest BCUT2D eigenvalue weighted by Crippen LogP contribution is 2.14. The molecule has 4 heteroatoms. The minimum atomic E-state index is -0.784. The summed E-state index contributed by atoms with van der Waals surface area (Å²) in [5.41, 5.74) is 0. The van der Waals surface area contributed by atoms with Crippen molar-refractivity contribution >= 4 is 0 Å². The molecule has 0 radical (unpaired) electrons. The fourth-order valence-corrected chi connectivity index (χ4v) is 0.772. The Morgan fingerprint density at radius 2 is 2.45 bits per heavy atom. The van der Waals surface area contributed by atoms with Gasteiger partial charge in [-0.3, -0.25) is 0 Å². The van der Waals surface area contributed by atoms with E-state index in [-0.39, 0.29) is 18.9 Å². The van der Waals surface area contributed by atoms with Crippen molar-refractivity contribution < 1.29 is 14.6 Å². The summed E-state index contributed by atoms with van der Waals surface area (Å²) < 4.78 is 5.03. The lowest BCUT2D eigenvalue weighted by Gasteiger charge is -2.01. The molecule has 0 fully saturated rings. The van der Waals surface area contributed by atoms with Gasteiger partial charge in [-0.25, -0.2) is 4.98 Å². The molecule has 2 N–H and O–H groups in total. The number of hydrogen-bond acceptors (Lipinski definition) is 4. The zero-order valence-electron chi connectivity index (χ0n) is 6.32. The van der Waals surface area contributed by atoms with E-state index in [4.69, 9.17) is 9.52 Å². The van der Waals surface area contributed by atoms with Gasteiger partial charge in [0.15, 0.2) is 0 Å². The van der Waals surface area contributed by atoms with Gasteiger partial charge >= 0.3 is 0 Å². The van der Waals surface area contributed by atoms with E-state index < -0.39 is 6.10 Å². The Kier molecular flexibility index (Phi) is 2.62. The Morgan fingerprint density at radius 1 is 1.73 bits per heavy atom. The summed E-state index contributed by atoms with van der Waals surface area (Å²) in [6.07, 6.45) is 1.02. The maximum absolute atomic E-state index is 9.22. The Hall–Kier alpha value is -0.870. The van der Waals surface area contributed by atoms with Crippen LogP contribution in [0, 0.1) is 6.92 Å². The summed E-state index contributed by atoms with van der Waals surface area (Å²) in [6, 6.07) is 0. The van der Waals surface area contributed by atoms with Crippen molar-refractivity contribution in [3.05, 3.63) is 17.8 Å². The molecule has 0 aliphatic carbocycles. The van der Waals surface area contributed by atoms with Crippen LogP contribution in [0.4, 0.5) is 0 Å². The lowest BCUT2D eigenvalue weighted by Crippen LogP contribution is -1.99. The van der Waals surface area contributed by atoms with Crippen LogP contribution in [0.25, 0.3) is 0 Å². The molecule has 0 aromatic carbocycles. The van der Waals surface area contributed by atoms with Gasteiger partial charge in [0.1, 0.15) is 11.9 Å². The van der Waals surface area contributed by atoms with Crippen LogP contribution in [0.1, 0.15) is 24.2 Å². The fourth-order valence-electron chi connectivity index (χ4n) is 0.772.